The van der Waals surface area contributed by atoms with E-state index in [1.807, 2.05) is 0 Å². The van der Waals surface area contributed by atoms with E-state index in [4.69, 9.17) is 16.9 Å². The molecule has 0 unspecified atom stereocenters. The van der Waals surface area contributed by atoms with Crippen molar-refractivity contribution in [3.63, 3.8) is 0 Å². The maximum absolute atomic E-state index is 12.9. The Morgan fingerprint density at radius 3 is 2.27 bits per heavy atom. The largest absolute Gasteiger partial charge is 0.446 e. The second-order valence-corrected chi connectivity index (χ2v) is 6.68. The highest BCUT2D eigenvalue weighted by Gasteiger charge is 2.34. The molecule has 1 aromatic heterocycles. The molecule has 0 radical (unpaired) electrons. The predicted molar refractivity (Wildman–Crippen MR) is 84.5 cm³/mol. The first-order chi connectivity index (χ1) is 11.8. The summed E-state index contributed by atoms with van der Waals surface area (Å²) in [6, 6.07) is 2.72. The molecule has 0 N–H and O–H groups in total. The molecule has 12 heteroatoms. The van der Waals surface area contributed by atoms with Crippen molar-refractivity contribution in [2.75, 3.05) is 19.0 Å². The number of thioether (sulfide) groups is 1. The molecule has 0 atom stereocenters. The molecule has 2 rings (SSSR count). The average Bonchev–Trinajstić information content (AvgIpc) is 2.86. The lowest BCUT2D eigenvalue weighted by Crippen LogP contribution is -2.12. The van der Waals surface area contributed by atoms with Crippen molar-refractivity contribution in [3.8, 4) is 11.8 Å². The Hall–Kier alpha value is -2.06. The molecular formula is C14H9ClF6N4S. The molecule has 0 aliphatic heterocycles. The van der Waals surface area contributed by atoms with Crippen molar-refractivity contribution in [2.45, 2.75) is 16.6 Å². The van der Waals surface area contributed by atoms with Crippen LogP contribution in [0.3, 0.4) is 0 Å². The lowest BCUT2D eigenvalue weighted by atomic mass is 10.1. The van der Waals surface area contributed by atoms with E-state index in [2.05, 4.69) is 5.10 Å². The molecule has 0 spiro atoms. The summed E-state index contributed by atoms with van der Waals surface area (Å²) in [5.74, 6) is -0.0767. The second kappa shape index (κ2) is 6.92. The van der Waals surface area contributed by atoms with Gasteiger partial charge in [-0.25, -0.2) is 4.68 Å². The van der Waals surface area contributed by atoms with E-state index < -0.39 is 39.6 Å². The summed E-state index contributed by atoms with van der Waals surface area (Å²) in [6.45, 7) is 0. The van der Waals surface area contributed by atoms with Crippen LogP contribution in [0.4, 0.5) is 32.2 Å². The molecule has 0 bridgehead atoms. The van der Waals surface area contributed by atoms with Gasteiger partial charge in [-0.3, -0.25) is 0 Å². The third-order valence-electron chi connectivity index (χ3n) is 3.05. The van der Waals surface area contributed by atoms with Crippen LogP contribution < -0.4 is 4.90 Å². The summed E-state index contributed by atoms with van der Waals surface area (Å²) < 4.78 is 77.6. The zero-order valence-electron chi connectivity index (χ0n) is 13.1. The molecule has 0 aliphatic carbocycles. The smallest absolute Gasteiger partial charge is 0.360 e. The molecule has 4 nitrogen and oxygen atoms in total. The Bertz CT molecular complexity index is 866. The lowest BCUT2D eigenvalue weighted by Gasteiger charge is -2.12. The van der Waals surface area contributed by atoms with Crippen LogP contribution >= 0.6 is 23.4 Å². The van der Waals surface area contributed by atoms with E-state index in [9.17, 15) is 26.3 Å². The van der Waals surface area contributed by atoms with Gasteiger partial charge < -0.3 is 4.90 Å². The van der Waals surface area contributed by atoms with E-state index in [-0.39, 0.29) is 16.4 Å². The Kier molecular flexibility index (Phi) is 5.39. The minimum atomic E-state index is -4.73. The number of alkyl halides is 6. The standard InChI is InChI=1S/C14H9ClF6N4S/c1-24(2)12-10(26-14(19,20)21)6-25(23-12)11-7(5-22)3-8(4-9(11)15)13(16,17)18/h3-4,6H,1-2H3. The second-order valence-electron chi connectivity index (χ2n) is 5.17. The zero-order chi connectivity index (χ0) is 19.9. The summed E-state index contributed by atoms with van der Waals surface area (Å²) in [6.07, 6.45) is -3.77. The van der Waals surface area contributed by atoms with Gasteiger partial charge in [0.05, 0.1) is 21.0 Å². The molecule has 1 heterocycles. The van der Waals surface area contributed by atoms with Crippen molar-refractivity contribution in [3.05, 3.63) is 34.5 Å². The zero-order valence-corrected chi connectivity index (χ0v) is 14.6. The summed E-state index contributed by atoms with van der Waals surface area (Å²) in [5.41, 5.74) is -6.45. The predicted octanol–water partition coefficient (Wildman–Crippen LogP) is 5.09. The summed E-state index contributed by atoms with van der Waals surface area (Å²) in [5, 5.41) is 12.6. The number of halogens is 7. The molecule has 0 amide bonds. The maximum Gasteiger partial charge on any atom is 0.446 e. The fourth-order valence-electron chi connectivity index (χ4n) is 2.05. The van der Waals surface area contributed by atoms with Gasteiger partial charge in [-0.15, -0.1) is 5.10 Å². The van der Waals surface area contributed by atoms with Crippen LogP contribution in [0.1, 0.15) is 11.1 Å². The Labute approximate surface area is 152 Å². The first-order valence-corrected chi connectivity index (χ1v) is 7.87. The quantitative estimate of drug-likeness (QED) is 0.518. The van der Waals surface area contributed by atoms with E-state index in [0.29, 0.717) is 12.1 Å². The molecular weight excluding hydrogens is 406 g/mol. The van der Waals surface area contributed by atoms with Crippen LogP contribution in [-0.2, 0) is 6.18 Å². The minimum Gasteiger partial charge on any atom is -0.360 e. The fourth-order valence-corrected chi connectivity index (χ4v) is 3.07. The van der Waals surface area contributed by atoms with E-state index in [1.54, 1.807) is 6.07 Å². The Morgan fingerprint density at radius 1 is 1.19 bits per heavy atom. The van der Waals surface area contributed by atoms with Crippen LogP contribution in [0.15, 0.2) is 23.2 Å². The lowest BCUT2D eigenvalue weighted by molar-refractivity contribution is -0.137. The normalized spacial score (nSPS) is 12.2. The van der Waals surface area contributed by atoms with Gasteiger partial charge in [0, 0.05) is 20.3 Å². The third-order valence-corrected chi connectivity index (χ3v) is 4.08. The number of benzene rings is 1. The molecule has 0 fully saturated rings. The van der Waals surface area contributed by atoms with Crippen LogP contribution in [-0.4, -0.2) is 29.4 Å². The molecule has 140 valence electrons. The van der Waals surface area contributed by atoms with Crippen molar-refractivity contribution >= 4 is 29.2 Å². The average molecular weight is 415 g/mol. The van der Waals surface area contributed by atoms with Gasteiger partial charge in [-0.2, -0.15) is 31.6 Å². The third kappa shape index (κ3) is 4.37. The SMILES string of the molecule is CN(C)c1nn(-c2c(Cl)cc(C(F)(F)F)cc2C#N)cc1SC(F)(F)F. The first-order valence-electron chi connectivity index (χ1n) is 6.67. The number of nitrogens with zero attached hydrogens (tertiary/aromatic N) is 4. The highest BCUT2D eigenvalue weighted by atomic mass is 35.5. The van der Waals surface area contributed by atoms with Crippen molar-refractivity contribution in [1.29, 1.82) is 5.26 Å². The highest BCUT2D eigenvalue weighted by molar-refractivity contribution is 8.00. The molecule has 1 aromatic carbocycles. The van der Waals surface area contributed by atoms with Gasteiger partial charge >= 0.3 is 11.7 Å². The van der Waals surface area contributed by atoms with E-state index in [1.165, 1.54) is 19.0 Å². The van der Waals surface area contributed by atoms with Gasteiger partial charge in [0.15, 0.2) is 5.82 Å². The van der Waals surface area contributed by atoms with Crippen LogP contribution in [0.5, 0.6) is 0 Å². The molecule has 0 aliphatic rings. The summed E-state index contributed by atoms with van der Waals surface area (Å²) >= 11 is 5.44. The highest BCUT2D eigenvalue weighted by Crippen LogP contribution is 2.42. The van der Waals surface area contributed by atoms with Gasteiger partial charge in [-0.05, 0) is 23.9 Å². The maximum atomic E-state index is 12.9. The summed E-state index contributed by atoms with van der Waals surface area (Å²) in [7, 11) is 2.90. The molecule has 0 saturated heterocycles. The molecule has 26 heavy (non-hydrogen) atoms. The topological polar surface area (TPSA) is 44.9 Å². The number of nitriles is 1. The number of anilines is 1. The fraction of sp³-hybridized carbons (Fsp3) is 0.286. The molecule has 0 saturated carbocycles. The number of rotatable bonds is 3. The van der Waals surface area contributed by atoms with E-state index in [0.717, 1.165) is 10.9 Å². The van der Waals surface area contributed by atoms with Crippen LogP contribution in [0.2, 0.25) is 5.02 Å². The van der Waals surface area contributed by atoms with Crippen LogP contribution in [0.25, 0.3) is 5.69 Å². The number of hydrogen-bond acceptors (Lipinski definition) is 4. The van der Waals surface area contributed by atoms with Crippen molar-refractivity contribution in [2.24, 2.45) is 0 Å². The first kappa shape index (κ1) is 20.3. The Morgan fingerprint density at radius 2 is 1.81 bits per heavy atom. The number of hydrogen-bond donors (Lipinski definition) is 0. The van der Waals surface area contributed by atoms with Crippen molar-refractivity contribution in [1.82, 2.24) is 9.78 Å². The van der Waals surface area contributed by atoms with E-state index >= 15 is 0 Å². The van der Waals surface area contributed by atoms with Crippen LogP contribution in [0, 0.1) is 11.3 Å². The van der Waals surface area contributed by atoms with Gasteiger partial charge in [0.1, 0.15) is 11.8 Å². The van der Waals surface area contributed by atoms with Gasteiger partial charge in [0.2, 0.25) is 0 Å². The van der Waals surface area contributed by atoms with Gasteiger partial charge in [0.25, 0.3) is 0 Å². The summed E-state index contributed by atoms with van der Waals surface area (Å²) in [4.78, 5) is 1.01. The minimum absolute atomic E-state index is 0.0767. The Balaban J connectivity index is 2.65. The van der Waals surface area contributed by atoms with Crippen molar-refractivity contribution < 1.29 is 26.3 Å². The molecule has 2 aromatic rings. The van der Waals surface area contributed by atoms with Gasteiger partial charge in [-0.1, -0.05) is 11.6 Å². The number of aromatic nitrogens is 2. The monoisotopic (exact) mass is 414 g/mol.